The van der Waals surface area contributed by atoms with Gasteiger partial charge in [0.1, 0.15) is 4.62 Å². The molecule has 0 saturated carbocycles. The number of hydrogen-bond donors (Lipinski definition) is 1. The molecule has 84 valence electrons. The molecule has 0 aliphatic carbocycles. The number of nitrogens with one attached hydrogen (secondary N) is 1. The van der Waals surface area contributed by atoms with Gasteiger partial charge in [0.15, 0.2) is 6.10 Å². The van der Waals surface area contributed by atoms with Gasteiger partial charge < -0.3 is 10.2 Å². The Morgan fingerprint density at radius 2 is 2.25 bits per heavy atom. The minimum atomic E-state index is -0.0905. The van der Waals surface area contributed by atoms with Crippen molar-refractivity contribution in [1.29, 1.82) is 0 Å². The quantitative estimate of drug-likeness (QED) is 0.921. The second-order valence-corrected chi connectivity index (χ2v) is 4.39. The highest BCUT2D eigenvalue weighted by molar-refractivity contribution is 9.18. The van der Waals surface area contributed by atoms with Crippen molar-refractivity contribution in [2.45, 2.75) is 12.5 Å². The standard InChI is InChI=1S/C11H11BrN2O2/c12-10-6-9(16-14-10)7-13-11(15)8-4-2-1-3-5-8/h1-5,9H,6-7H2,(H,13,15)/t9-/m1/s1. The molecule has 0 unspecified atom stereocenters. The second-order valence-electron chi connectivity index (χ2n) is 3.48. The number of benzene rings is 1. The summed E-state index contributed by atoms with van der Waals surface area (Å²) in [5.41, 5.74) is 0.653. The molecule has 5 heteroatoms. The summed E-state index contributed by atoms with van der Waals surface area (Å²) in [6.45, 7) is 0.465. The van der Waals surface area contributed by atoms with Gasteiger partial charge in [0.2, 0.25) is 0 Å². The fraction of sp³-hybridized carbons (Fsp3) is 0.273. The Bertz CT molecular complexity index is 406. The second kappa shape index (κ2) is 5.12. The lowest BCUT2D eigenvalue weighted by Crippen LogP contribution is -2.32. The van der Waals surface area contributed by atoms with Gasteiger partial charge in [-0.3, -0.25) is 4.79 Å². The summed E-state index contributed by atoms with van der Waals surface area (Å²) in [6, 6.07) is 9.09. The Morgan fingerprint density at radius 1 is 1.50 bits per heavy atom. The lowest BCUT2D eigenvalue weighted by Gasteiger charge is -2.09. The first-order valence-electron chi connectivity index (χ1n) is 4.97. The van der Waals surface area contributed by atoms with Crippen LogP contribution in [0.3, 0.4) is 0 Å². The van der Waals surface area contributed by atoms with Crippen LogP contribution in [0.2, 0.25) is 0 Å². The molecule has 1 aromatic carbocycles. The predicted octanol–water partition coefficient (Wildman–Crippen LogP) is 1.91. The van der Waals surface area contributed by atoms with E-state index in [1.54, 1.807) is 12.1 Å². The molecule has 1 N–H and O–H groups in total. The summed E-state index contributed by atoms with van der Waals surface area (Å²) in [4.78, 5) is 16.7. The number of halogens is 1. The fourth-order valence-electron chi connectivity index (χ4n) is 1.40. The summed E-state index contributed by atoms with van der Waals surface area (Å²) in [5, 5.41) is 6.55. The van der Waals surface area contributed by atoms with Crippen molar-refractivity contribution in [2.75, 3.05) is 6.54 Å². The number of nitrogens with zero attached hydrogens (tertiary/aromatic N) is 1. The normalized spacial score (nSPS) is 18.8. The van der Waals surface area contributed by atoms with E-state index in [1.807, 2.05) is 18.2 Å². The summed E-state index contributed by atoms with van der Waals surface area (Å²) in [7, 11) is 0. The van der Waals surface area contributed by atoms with E-state index < -0.39 is 0 Å². The number of hydrogen-bond acceptors (Lipinski definition) is 3. The topological polar surface area (TPSA) is 50.7 Å². The molecule has 1 aliphatic rings. The Hall–Kier alpha value is -1.36. The molecule has 0 bridgehead atoms. The average Bonchev–Trinajstić information content (AvgIpc) is 2.73. The first-order chi connectivity index (χ1) is 7.75. The highest BCUT2D eigenvalue weighted by atomic mass is 79.9. The molecule has 1 heterocycles. The predicted molar refractivity (Wildman–Crippen MR) is 64.6 cm³/mol. The van der Waals surface area contributed by atoms with E-state index in [1.165, 1.54) is 0 Å². The summed E-state index contributed by atoms with van der Waals surface area (Å²) < 4.78 is 0.784. The van der Waals surface area contributed by atoms with E-state index >= 15 is 0 Å². The molecule has 0 radical (unpaired) electrons. The lowest BCUT2D eigenvalue weighted by atomic mass is 10.2. The first kappa shape index (κ1) is 11.1. The molecule has 1 atom stereocenters. The first-order valence-corrected chi connectivity index (χ1v) is 5.76. The number of rotatable bonds is 3. The summed E-state index contributed by atoms with van der Waals surface area (Å²) in [5.74, 6) is -0.0905. The highest BCUT2D eigenvalue weighted by Crippen LogP contribution is 2.13. The van der Waals surface area contributed by atoms with Gasteiger partial charge >= 0.3 is 0 Å². The fourth-order valence-corrected chi connectivity index (χ4v) is 1.85. The van der Waals surface area contributed by atoms with Crippen LogP contribution < -0.4 is 5.32 Å². The van der Waals surface area contributed by atoms with E-state index in [2.05, 4.69) is 26.4 Å². The molecule has 1 aromatic rings. The van der Waals surface area contributed by atoms with Gasteiger partial charge in [0.05, 0.1) is 6.54 Å². The monoisotopic (exact) mass is 282 g/mol. The Balaban J connectivity index is 1.81. The van der Waals surface area contributed by atoms with E-state index in [4.69, 9.17) is 4.84 Å². The van der Waals surface area contributed by atoms with Crippen molar-refractivity contribution in [3.05, 3.63) is 35.9 Å². The smallest absolute Gasteiger partial charge is 0.251 e. The van der Waals surface area contributed by atoms with Crippen molar-refractivity contribution < 1.29 is 9.63 Å². The summed E-state index contributed by atoms with van der Waals surface area (Å²) >= 11 is 3.24. The molecule has 0 saturated heterocycles. The zero-order chi connectivity index (χ0) is 11.4. The molecule has 1 aliphatic heterocycles. The van der Waals surface area contributed by atoms with E-state index in [0.29, 0.717) is 18.5 Å². The maximum absolute atomic E-state index is 11.7. The van der Waals surface area contributed by atoms with Crippen molar-refractivity contribution in [3.8, 4) is 0 Å². The van der Waals surface area contributed by atoms with Crippen LogP contribution in [-0.4, -0.2) is 23.2 Å². The van der Waals surface area contributed by atoms with Gasteiger partial charge in [-0.15, -0.1) is 0 Å². The molecule has 0 fully saturated rings. The minimum absolute atomic E-state index is 0.0676. The zero-order valence-electron chi connectivity index (χ0n) is 8.52. The van der Waals surface area contributed by atoms with Crippen LogP contribution in [-0.2, 0) is 4.84 Å². The maximum Gasteiger partial charge on any atom is 0.251 e. The van der Waals surface area contributed by atoms with Crippen molar-refractivity contribution in [3.63, 3.8) is 0 Å². The van der Waals surface area contributed by atoms with Crippen LogP contribution in [0.1, 0.15) is 16.8 Å². The highest BCUT2D eigenvalue weighted by Gasteiger charge is 2.19. The lowest BCUT2D eigenvalue weighted by molar-refractivity contribution is 0.0754. The van der Waals surface area contributed by atoms with E-state index in [-0.39, 0.29) is 12.0 Å². The van der Waals surface area contributed by atoms with Gasteiger partial charge in [0.25, 0.3) is 5.91 Å². The third kappa shape index (κ3) is 2.82. The third-order valence-electron chi connectivity index (χ3n) is 2.22. The molecular formula is C11H11BrN2O2. The Morgan fingerprint density at radius 3 is 2.88 bits per heavy atom. The van der Waals surface area contributed by atoms with Crippen LogP contribution in [0.25, 0.3) is 0 Å². The molecule has 16 heavy (non-hydrogen) atoms. The molecule has 2 rings (SSSR count). The molecule has 0 aromatic heterocycles. The van der Waals surface area contributed by atoms with Gasteiger partial charge in [-0.05, 0) is 28.1 Å². The van der Waals surface area contributed by atoms with Gasteiger partial charge in [-0.1, -0.05) is 23.4 Å². The number of oxime groups is 1. The number of carbonyl (C=O) groups excluding carboxylic acids is 1. The van der Waals surface area contributed by atoms with E-state index in [0.717, 1.165) is 4.62 Å². The van der Waals surface area contributed by atoms with Crippen LogP contribution in [0.4, 0.5) is 0 Å². The van der Waals surface area contributed by atoms with Crippen molar-refractivity contribution in [1.82, 2.24) is 5.32 Å². The van der Waals surface area contributed by atoms with Gasteiger partial charge in [0, 0.05) is 12.0 Å². The molecule has 1 amide bonds. The third-order valence-corrected chi connectivity index (χ3v) is 2.69. The summed E-state index contributed by atoms with van der Waals surface area (Å²) in [6.07, 6.45) is 0.636. The SMILES string of the molecule is O=C(NC[C@H]1CC(Br)=NO1)c1ccccc1. The van der Waals surface area contributed by atoms with Crippen LogP contribution in [0, 0.1) is 0 Å². The minimum Gasteiger partial charge on any atom is -0.390 e. The zero-order valence-corrected chi connectivity index (χ0v) is 10.1. The van der Waals surface area contributed by atoms with Gasteiger partial charge in [-0.2, -0.15) is 0 Å². The number of amides is 1. The largest absolute Gasteiger partial charge is 0.390 e. The van der Waals surface area contributed by atoms with Crippen molar-refractivity contribution >= 4 is 26.5 Å². The average molecular weight is 283 g/mol. The van der Waals surface area contributed by atoms with Gasteiger partial charge in [-0.25, -0.2) is 0 Å². The van der Waals surface area contributed by atoms with Crippen LogP contribution >= 0.6 is 15.9 Å². The molecular weight excluding hydrogens is 272 g/mol. The Kier molecular flexibility index (Phi) is 3.56. The van der Waals surface area contributed by atoms with Crippen LogP contribution in [0.15, 0.2) is 35.5 Å². The Labute approximate surface area is 102 Å². The number of carbonyl (C=O) groups is 1. The van der Waals surface area contributed by atoms with Crippen LogP contribution in [0.5, 0.6) is 0 Å². The molecule has 0 spiro atoms. The van der Waals surface area contributed by atoms with Crippen molar-refractivity contribution in [2.24, 2.45) is 5.16 Å². The maximum atomic E-state index is 11.7. The van der Waals surface area contributed by atoms with E-state index in [9.17, 15) is 4.79 Å². The molecule has 4 nitrogen and oxygen atoms in total.